The molecular weight excluding hydrogens is 362 g/mol. The molecule has 148 valence electrons. The lowest BCUT2D eigenvalue weighted by Gasteiger charge is -2.19. The fourth-order valence-corrected chi connectivity index (χ4v) is 4.52. The van der Waals surface area contributed by atoms with Gasteiger partial charge >= 0.3 is 0 Å². The Morgan fingerprint density at radius 1 is 1.14 bits per heavy atom. The number of carbonyl (C=O) groups excluding carboxylic acids is 1. The van der Waals surface area contributed by atoms with Crippen LogP contribution in [0, 0.1) is 5.92 Å². The van der Waals surface area contributed by atoms with Crippen molar-refractivity contribution >= 4 is 17.4 Å². The molecule has 3 aromatic rings. The Hall–Kier alpha value is -3.15. The molecule has 2 aromatic heterocycles. The Balaban J connectivity index is 1.24. The van der Waals surface area contributed by atoms with Gasteiger partial charge in [-0.3, -0.25) is 9.48 Å². The van der Waals surface area contributed by atoms with Crippen molar-refractivity contribution in [2.45, 2.75) is 19.3 Å². The molecule has 0 bridgehead atoms. The van der Waals surface area contributed by atoms with Crippen LogP contribution in [-0.4, -0.2) is 40.3 Å². The van der Waals surface area contributed by atoms with E-state index in [2.05, 4.69) is 27.2 Å². The van der Waals surface area contributed by atoms with Crippen LogP contribution in [0.1, 0.15) is 27.9 Å². The molecule has 0 aliphatic carbocycles. The number of para-hydroxylation sites is 1. The third kappa shape index (κ3) is 3.50. The summed E-state index contributed by atoms with van der Waals surface area (Å²) in [6.45, 7) is 2.74. The highest BCUT2D eigenvalue weighted by Crippen LogP contribution is 2.29. The smallest absolute Gasteiger partial charge is 0.259 e. The van der Waals surface area contributed by atoms with E-state index in [0.717, 1.165) is 50.4 Å². The minimum Gasteiger partial charge on any atom is -0.356 e. The highest BCUT2D eigenvalue weighted by Gasteiger charge is 2.27. The molecule has 6 heteroatoms. The summed E-state index contributed by atoms with van der Waals surface area (Å²) in [6, 6.07) is 12.0. The molecule has 2 aliphatic rings. The number of carbonyl (C=O) groups is 1. The lowest BCUT2D eigenvalue weighted by molar-refractivity contribution is 0.0989. The zero-order valence-corrected chi connectivity index (χ0v) is 16.7. The summed E-state index contributed by atoms with van der Waals surface area (Å²) in [5, 5.41) is 4.26. The standard InChI is InChI=1S/C23H25N5O/c1-26-15-18(13-25-26)12-17-8-10-27(16-17)22-7-6-20(14-24-22)23(29)28-11-9-19-4-2-3-5-21(19)28/h2-7,13-15,17H,8-12,16H2,1H3. The molecule has 1 unspecified atom stereocenters. The molecule has 1 amide bonds. The first-order valence-corrected chi connectivity index (χ1v) is 10.3. The van der Waals surface area contributed by atoms with Gasteiger partial charge in [0.1, 0.15) is 5.82 Å². The van der Waals surface area contributed by atoms with Gasteiger partial charge in [0, 0.05) is 44.8 Å². The summed E-state index contributed by atoms with van der Waals surface area (Å²) >= 11 is 0. The number of aryl methyl sites for hydroxylation is 1. The number of fused-ring (bicyclic) bond motifs is 1. The van der Waals surface area contributed by atoms with Crippen LogP contribution in [0.2, 0.25) is 0 Å². The number of hydrogen-bond donors (Lipinski definition) is 0. The summed E-state index contributed by atoms with van der Waals surface area (Å²) in [4.78, 5) is 21.8. The third-order valence-electron chi connectivity index (χ3n) is 6.02. The number of pyridine rings is 1. The predicted molar refractivity (Wildman–Crippen MR) is 113 cm³/mol. The minimum atomic E-state index is 0.0323. The lowest BCUT2D eigenvalue weighted by atomic mass is 10.0. The van der Waals surface area contributed by atoms with E-state index in [1.807, 2.05) is 53.2 Å². The number of nitrogens with zero attached hydrogens (tertiary/aromatic N) is 5. The van der Waals surface area contributed by atoms with Crippen molar-refractivity contribution in [3.8, 4) is 0 Å². The Labute approximate surface area is 170 Å². The van der Waals surface area contributed by atoms with E-state index in [0.29, 0.717) is 11.5 Å². The van der Waals surface area contributed by atoms with Crippen molar-refractivity contribution in [3.63, 3.8) is 0 Å². The zero-order valence-electron chi connectivity index (χ0n) is 16.7. The second-order valence-electron chi connectivity index (χ2n) is 8.07. The highest BCUT2D eigenvalue weighted by molar-refractivity contribution is 6.07. The van der Waals surface area contributed by atoms with Gasteiger partial charge in [-0.15, -0.1) is 0 Å². The number of aromatic nitrogens is 3. The van der Waals surface area contributed by atoms with Crippen molar-refractivity contribution < 1.29 is 4.79 Å². The quantitative estimate of drug-likeness (QED) is 0.690. The topological polar surface area (TPSA) is 54.3 Å². The van der Waals surface area contributed by atoms with Crippen molar-refractivity contribution in [2.75, 3.05) is 29.4 Å². The molecule has 29 heavy (non-hydrogen) atoms. The fraction of sp³-hybridized carbons (Fsp3) is 0.348. The summed E-state index contributed by atoms with van der Waals surface area (Å²) in [7, 11) is 1.96. The van der Waals surface area contributed by atoms with Crippen LogP contribution in [0.15, 0.2) is 55.0 Å². The number of amides is 1. The Kier molecular flexibility index (Phi) is 4.54. The van der Waals surface area contributed by atoms with E-state index in [9.17, 15) is 4.79 Å². The molecule has 1 saturated heterocycles. The summed E-state index contributed by atoms with van der Waals surface area (Å²) in [5.41, 5.74) is 4.21. The first kappa shape index (κ1) is 17.9. The normalized spacial score (nSPS) is 18.3. The van der Waals surface area contributed by atoms with Crippen molar-refractivity contribution in [1.82, 2.24) is 14.8 Å². The van der Waals surface area contributed by atoms with Crippen LogP contribution >= 0.6 is 0 Å². The maximum absolute atomic E-state index is 13.0. The van der Waals surface area contributed by atoms with E-state index >= 15 is 0 Å². The minimum absolute atomic E-state index is 0.0323. The van der Waals surface area contributed by atoms with Crippen LogP contribution in [0.5, 0.6) is 0 Å². The average molecular weight is 387 g/mol. The van der Waals surface area contributed by atoms with Crippen molar-refractivity contribution in [3.05, 3.63) is 71.7 Å². The molecule has 1 fully saturated rings. The van der Waals surface area contributed by atoms with Crippen molar-refractivity contribution in [2.24, 2.45) is 13.0 Å². The largest absolute Gasteiger partial charge is 0.356 e. The Morgan fingerprint density at radius 2 is 2.03 bits per heavy atom. The van der Waals surface area contributed by atoms with Gasteiger partial charge in [-0.25, -0.2) is 4.98 Å². The SMILES string of the molecule is Cn1cc(CC2CCN(c3ccc(C(=O)N4CCc5ccccc54)cn3)C2)cn1. The van der Waals surface area contributed by atoms with Gasteiger partial charge in [0.2, 0.25) is 0 Å². The van der Waals surface area contributed by atoms with E-state index in [1.165, 1.54) is 11.1 Å². The van der Waals surface area contributed by atoms with E-state index in [1.54, 1.807) is 6.20 Å². The second kappa shape index (κ2) is 7.35. The number of benzene rings is 1. The van der Waals surface area contributed by atoms with Crippen LogP contribution in [0.3, 0.4) is 0 Å². The zero-order chi connectivity index (χ0) is 19.8. The van der Waals surface area contributed by atoms with Gasteiger partial charge in [-0.2, -0.15) is 5.10 Å². The molecule has 0 radical (unpaired) electrons. The molecular formula is C23H25N5O. The first-order valence-electron chi connectivity index (χ1n) is 10.3. The molecule has 0 spiro atoms. The van der Waals surface area contributed by atoms with E-state index < -0.39 is 0 Å². The van der Waals surface area contributed by atoms with E-state index in [-0.39, 0.29) is 5.91 Å². The molecule has 4 heterocycles. The second-order valence-corrected chi connectivity index (χ2v) is 8.07. The van der Waals surface area contributed by atoms with Gasteiger partial charge in [-0.05, 0) is 54.5 Å². The van der Waals surface area contributed by atoms with Crippen molar-refractivity contribution in [1.29, 1.82) is 0 Å². The van der Waals surface area contributed by atoms with Crippen LogP contribution in [0.4, 0.5) is 11.5 Å². The number of anilines is 2. The van der Waals surface area contributed by atoms with Crippen LogP contribution in [-0.2, 0) is 19.9 Å². The summed E-state index contributed by atoms with van der Waals surface area (Å²) in [6.07, 6.45) is 8.90. The summed E-state index contributed by atoms with van der Waals surface area (Å²) in [5.74, 6) is 1.60. The maximum Gasteiger partial charge on any atom is 0.259 e. The fourth-order valence-electron chi connectivity index (χ4n) is 4.52. The monoisotopic (exact) mass is 387 g/mol. The molecule has 0 saturated carbocycles. The average Bonchev–Trinajstić information content (AvgIpc) is 3.48. The summed E-state index contributed by atoms with van der Waals surface area (Å²) < 4.78 is 1.86. The third-order valence-corrected chi connectivity index (χ3v) is 6.02. The van der Waals surface area contributed by atoms with Gasteiger partial charge in [0.05, 0.1) is 11.8 Å². The number of hydrogen-bond acceptors (Lipinski definition) is 4. The molecule has 2 aliphatic heterocycles. The predicted octanol–water partition coefficient (Wildman–Crippen LogP) is 3.09. The maximum atomic E-state index is 13.0. The van der Waals surface area contributed by atoms with Crippen LogP contribution in [0.25, 0.3) is 0 Å². The highest BCUT2D eigenvalue weighted by atomic mass is 16.2. The molecule has 1 atom stereocenters. The van der Waals surface area contributed by atoms with Crippen LogP contribution < -0.4 is 9.80 Å². The molecule has 5 rings (SSSR count). The Bertz CT molecular complexity index is 1030. The van der Waals surface area contributed by atoms with Gasteiger partial charge in [0.15, 0.2) is 0 Å². The van der Waals surface area contributed by atoms with Gasteiger partial charge in [-0.1, -0.05) is 18.2 Å². The number of rotatable bonds is 4. The molecule has 0 N–H and O–H groups in total. The molecule has 6 nitrogen and oxygen atoms in total. The van der Waals surface area contributed by atoms with E-state index in [4.69, 9.17) is 0 Å². The van der Waals surface area contributed by atoms with Gasteiger partial charge in [0.25, 0.3) is 5.91 Å². The lowest BCUT2D eigenvalue weighted by Crippen LogP contribution is -2.29. The molecule has 1 aromatic carbocycles. The Morgan fingerprint density at radius 3 is 2.83 bits per heavy atom. The first-order chi connectivity index (χ1) is 14.2. The van der Waals surface area contributed by atoms with Gasteiger partial charge < -0.3 is 9.80 Å².